The van der Waals surface area contributed by atoms with Gasteiger partial charge in [-0.1, -0.05) is 31.2 Å². The number of carbonyl (C=O) groups is 1. The first-order chi connectivity index (χ1) is 11.5. The van der Waals surface area contributed by atoms with Crippen LogP contribution in [0.15, 0.2) is 30.3 Å². The van der Waals surface area contributed by atoms with E-state index in [1.165, 1.54) is 22.4 Å². The molecule has 1 N–H and O–H groups in total. The summed E-state index contributed by atoms with van der Waals surface area (Å²) in [6.45, 7) is 3.81. The molecule has 0 spiro atoms. The molecule has 3 nitrogen and oxygen atoms in total. The Morgan fingerprint density at radius 1 is 1.25 bits per heavy atom. The zero-order valence-corrected chi connectivity index (χ0v) is 15.6. The van der Waals surface area contributed by atoms with Crippen molar-refractivity contribution in [2.45, 2.75) is 39.3 Å². The van der Waals surface area contributed by atoms with E-state index in [1.54, 1.807) is 11.3 Å². The van der Waals surface area contributed by atoms with Crippen LogP contribution in [0.3, 0.4) is 0 Å². The average molecular weight is 343 g/mol. The van der Waals surface area contributed by atoms with E-state index in [0.29, 0.717) is 6.54 Å². The molecule has 3 rings (SSSR count). The van der Waals surface area contributed by atoms with Crippen LogP contribution in [0.25, 0.3) is 0 Å². The van der Waals surface area contributed by atoms with Crippen molar-refractivity contribution >= 4 is 17.2 Å². The van der Waals surface area contributed by atoms with Gasteiger partial charge < -0.3 is 10.2 Å². The number of hydrogen-bond donors (Lipinski definition) is 1. The number of hydrogen-bond acceptors (Lipinski definition) is 3. The smallest absolute Gasteiger partial charge is 0.261 e. The lowest BCUT2D eigenvalue weighted by atomic mass is 9.90. The van der Waals surface area contributed by atoms with Gasteiger partial charge in [0, 0.05) is 18.0 Å². The third-order valence-corrected chi connectivity index (χ3v) is 5.76. The summed E-state index contributed by atoms with van der Waals surface area (Å²) in [4.78, 5) is 16.8. The van der Waals surface area contributed by atoms with Gasteiger partial charge in [0.05, 0.1) is 4.88 Å². The molecule has 1 aliphatic carbocycles. The highest BCUT2D eigenvalue weighted by molar-refractivity contribution is 7.14. The van der Waals surface area contributed by atoms with Crippen molar-refractivity contribution in [1.29, 1.82) is 0 Å². The van der Waals surface area contributed by atoms with E-state index in [2.05, 4.69) is 61.6 Å². The first-order valence-electron chi connectivity index (χ1n) is 8.63. The van der Waals surface area contributed by atoms with Crippen molar-refractivity contribution in [2.75, 3.05) is 14.1 Å². The van der Waals surface area contributed by atoms with Crippen molar-refractivity contribution in [3.05, 3.63) is 56.8 Å². The van der Waals surface area contributed by atoms with E-state index in [4.69, 9.17) is 0 Å². The standard InChI is InChI=1S/C20H26N2OS/c1-14-4-9-18-17(10-14)11-19(24-18)20(23)21-12-15-5-7-16(8-6-15)13-22(2)3/h5-8,11,14H,4,9-10,12-13H2,1-3H3,(H,21,23). The molecule has 4 heteroatoms. The minimum Gasteiger partial charge on any atom is -0.347 e. The van der Waals surface area contributed by atoms with Gasteiger partial charge >= 0.3 is 0 Å². The van der Waals surface area contributed by atoms with Crippen molar-refractivity contribution < 1.29 is 4.79 Å². The van der Waals surface area contributed by atoms with E-state index < -0.39 is 0 Å². The van der Waals surface area contributed by atoms with Crippen LogP contribution in [-0.4, -0.2) is 24.9 Å². The number of benzene rings is 1. The minimum absolute atomic E-state index is 0.0550. The van der Waals surface area contributed by atoms with E-state index in [9.17, 15) is 4.79 Å². The van der Waals surface area contributed by atoms with Crippen molar-refractivity contribution in [1.82, 2.24) is 10.2 Å². The lowest BCUT2D eigenvalue weighted by Crippen LogP contribution is -2.21. The van der Waals surface area contributed by atoms with Gasteiger partial charge in [0.2, 0.25) is 0 Å². The number of nitrogens with one attached hydrogen (secondary N) is 1. The Morgan fingerprint density at radius 3 is 2.67 bits per heavy atom. The normalized spacial score (nSPS) is 16.9. The average Bonchev–Trinajstić information content (AvgIpc) is 2.96. The lowest BCUT2D eigenvalue weighted by Gasteiger charge is -2.16. The molecule has 2 aromatic rings. The molecule has 1 aromatic carbocycles. The summed E-state index contributed by atoms with van der Waals surface area (Å²) in [5.41, 5.74) is 3.81. The van der Waals surface area contributed by atoms with Crippen LogP contribution < -0.4 is 5.32 Å². The summed E-state index contributed by atoms with van der Waals surface area (Å²) in [5, 5.41) is 3.06. The molecule has 0 saturated heterocycles. The van der Waals surface area contributed by atoms with Crippen LogP contribution >= 0.6 is 11.3 Å². The van der Waals surface area contributed by atoms with Gasteiger partial charge in [-0.15, -0.1) is 11.3 Å². The maximum atomic E-state index is 12.4. The zero-order valence-electron chi connectivity index (χ0n) is 14.8. The number of amides is 1. The Balaban J connectivity index is 1.57. The molecule has 1 aromatic heterocycles. The number of carbonyl (C=O) groups excluding carboxylic acids is 1. The molecule has 1 aliphatic rings. The molecule has 0 saturated carbocycles. The van der Waals surface area contributed by atoms with E-state index in [0.717, 1.165) is 35.7 Å². The summed E-state index contributed by atoms with van der Waals surface area (Å²) in [6, 6.07) is 10.6. The second kappa shape index (κ2) is 7.49. The molecule has 24 heavy (non-hydrogen) atoms. The first-order valence-corrected chi connectivity index (χ1v) is 9.45. The molecule has 0 fully saturated rings. The molecular weight excluding hydrogens is 316 g/mol. The van der Waals surface area contributed by atoms with Gasteiger partial charge in [-0.05, 0) is 62.0 Å². The molecule has 0 aliphatic heterocycles. The van der Waals surface area contributed by atoms with Gasteiger partial charge in [0.25, 0.3) is 5.91 Å². The Morgan fingerprint density at radius 2 is 1.96 bits per heavy atom. The molecular formula is C20H26N2OS. The van der Waals surface area contributed by atoms with Gasteiger partial charge in [-0.25, -0.2) is 0 Å². The highest BCUT2D eigenvalue weighted by Crippen LogP contribution is 2.32. The SMILES string of the molecule is CC1CCc2sc(C(=O)NCc3ccc(CN(C)C)cc3)cc2C1. The highest BCUT2D eigenvalue weighted by atomic mass is 32.1. The summed E-state index contributed by atoms with van der Waals surface area (Å²) in [7, 11) is 4.13. The topological polar surface area (TPSA) is 32.3 Å². The van der Waals surface area contributed by atoms with Crippen LogP contribution in [0, 0.1) is 5.92 Å². The van der Waals surface area contributed by atoms with Gasteiger partial charge in [-0.3, -0.25) is 4.79 Å². The Labute approximate surface area is 148 Å². The van der Waals surface area contributed by atoms with Crippen LogP contribution in [-0.2, 0) is 25.9 Å². The minimum atomic E-state index is 0.0550. The largest absolute Gasteiger partial charge is 0.347 e. The van der Waals surface area contributed by atoms with Crippen LogP contribution in [0.4, 0.5) is 0 Å². The van der Waals surface area contributed by atoms with Crippen LogP contribution in [0.5, 0.6) is 0 Å². The van der Waals surface area contributed by atoms with Crippen LogP contribution in [0.1, 0.15) is 44.6 Å². The lowest BCUT2D eigenvalue weighted by molar-refractivity contribution is 0.0955. The molecule has 0 radical (unpaired) electrons. The fourth-order valence-electron chi connectivity index (χ4n) is 3.21. The Bertz CT molecular complexity index is 703. The second-order valence-electron chi connectivity index (χ2n) is 7.14. The molecule has 1 unspecified atom stereocenters. The molecule has 1 atom stereocenters. The molecule has 1 amide bonds. The van der Waals surface area contributed by atoms with E-state index in [1.807, 2.05) is 0 Å². The highest BCUT2D eigenvalue weighted by Gasteiger charge is 2.20. The summed E-state index contributed by atoms with van der Waals surface area (Å²) < 4.78 is 0. The monoisotopic (exact) mass is 342 g/mol. The van der Waals surface area contributed by atoms with Crippen molar-refractivity contribution in [3.63, 3.8) is 0 Å². The quantitative estimate of drug-likeness (QED) is 0.895. The maximum absolute atomic E-state index is 12.4. The molecule has 128 valence electrons. The fraction of sp³-hybridized carbons (Fsp3) is 0.450. The summed E-state index contributed by atoms with van der Waals surface area (Å²) in [6.07, 6.45) is 3.49. The maximum Gasteiger partial charge on any atom is 0.261 e. The predicted molar refractivity (Wildman–Crippen MR) is 101 cm³/mol. The first kappa shape index (κ1) is 17.2. The molecule has 0 bridgehead atoms. The van der Waals surface area contributed by atoms with Gasteiger partial charge in [-0.2, -0.15) is 0 Å². The Kier molecular flexibility index (Phi) is 5.36. The van der Waals surface area contributed by atoms with Crippen LogP contribution in [0.2, 0.25) is 0 Å². The summed E-state index contributed by atoms with van der Waals surface area (Å²) in [5.74, 6) is 0.795. The third-order valence-electron chi connectivity index (χ3n) is 4.53. The zero-order chi connectivity index (χ0) is 17.1. The number of thiophene rings is 1. The fourth-order valence-corrected chi connectivity index (χ4v) is 4.34. The van der Waals surface area contributed by atoms with Gasteiger partial charge in [0.1, 0.15) is 0 Å². The van der Waals surface area contributed by atoms with Crippen molar-refractivity contribution in [3.8, 4) is 0 Å². The number of nitrogens with zero attached hydrogens (tertiary/aromatic N) is 1. The molecule has 1 heterocycles. The van der Waals surface area contributed by atoms with Gasteiger partial charge in [0.15, 0.2) is 0 Å². The van der Waals surface area contributed by atoms with E-state index >= 15 is 0 Å². The number of rotatable bonds is 5. The predicted octanol–water partition coefficient (Wildman–Crippen LogP) is 3.86. The van der Waals surface area contributed by atoms with Crippen molar-refractivity contribution in [2.24, 2.45) is 5.92 Å². The number of aryl methyl sites for hydroxylation is 1. The van der Waals surface area contributed by atoms with E-state index in [-0.39, 0.29) is 5.91 Å². The number of fused-ring (bicyclic) bond motifs is 1. The summed E-state index contributed by atoms with van der Waals surface area (Å²) >= 11 is 1.67. The third kappa shape index (κ3) is 4.25. The second-order valence-corrected chi connectivity index (χ2v) is 8.28. The Hall–Kier alpha value is -1.65.